The number of thioether (sulfide) groups is 1. The lowest BCUT2D eigenvalue weighted by Gasteiger charge is -2.11. The minimum Gasteiger partial charge on any atom is -0.467 e. The summed E-state index contributed by atoms with van der Waals surface area (Å²) in [5, 5.41) is 2.72. The van der Waals surface area contributed by atoms with Crippen LogP contribution < -0.4 is 5.32 Å². The Labute approximate surface area is 151 Å². The van der Waals surface area contributed by atoms with Gasteiger partial charge in [-0.25, -0.2) is 0 Å². The van der Waals surface area contributed by atoms with Gasteiger partial charge >= 0.3 is 5.97 Å². The predicted octanol–water partition coefficient (Wildman–Crippen LogP) is 3.28. The molecule has 0 bridgehead atoms. The van der Waals surface area contributed by atoms with Gasteiger partial charge in [-0.3, -0.25) is 9.59 Å². The smallest absolute Gasteiger partial charge is 0.316 e. The second kappa shape index (κ2) is 8.25. The molecule has 1 aromatic carbocycles. The molecule has 3 rings (SSSR count). The quantitative estimate of drug-likeness (QED) is 0.607. The molecule has 0 fully saturated rings. The molecule has 25 heavy (non-hydrogen) atoms. The molecule has 1 N–H and O–H groups in total. The van der Waals surface area contributed by atoms with E-state index in [0.29, 0.717) is 5.76 Å². The Morgan fingerprint density at radius 2 is 2.12 bits per heavy atom. The lowest BCUT2D eigenvalue weighted by molar-refractivity contribution is -0.146. The van der Waals surface area contributed by atoms with Gasteiger partial charge in [-0.15, -0.1) is 11.8 Å². The van der Waals surface area contributed by atoms with Crippen LogP contribution in [-0.4, -0.2) is 24.2 Å². The number of furan rings is 1. The number of carbonyl (C=O) groups excluding carboxylic acids is 2. The van der Waals surface area contributed by atoms with E-state index in [9.17, 15) is 9.59 Å². The highest BCUT2D eigenvalue weighted by atomic mass is 32.2. The Kier molecular flexibility index (Phi) is 5.81. The highest BCUT2D eigenvalue weighted by Gasteiger charge is 2.15. The number of ether oxygens (including phenoxy) is 1. The Bertz CT molecular complexity index is 742. The number of nitrogens with one attached hydrogen (secondary N) is 1. The second-order valence-corrected chi connectivity index (χ2v) is 7.09. The third kappa shape index (κ3) is 4.89. The van der Waals surface area contributed by atoms with Gasteiger partial charge in [0, 0.05) is 4.90 Å². The predicted molar refractivity (Wildman–Crippen MR) is 95.4 cm³/mol. The van der Waals surface area contributed by atoms with Crippen LogP contribution in [0.2, 0.25) is 0 Å². The van der Waals surface area contributed by atoms with E-state index in [4.69, 9.17) is 9.15 Å². The lowest BCUT2D eigenvalue weighted by Crippen LogP contribution is -2.31. The number of benzene rings is 1. The van der Waals surface area contributed by atoms with Gasteiger partial charge in [-0.05, 0) is 61.6 Å². The molecule has 0 saturated heterocycles. The summed E-state index contributed by atoms with van der Waals surface area (Å²) in [6.45, 7) is 1.52. The van der Waals surface area contributed by atoms with Gasteiger partial charge < -0.3 is 14.5 Å². The molecule has 1 aliphatic carbocycles. The van der Waals surface area contributed by atoms with Crippen molar-refractivity contribution in [1.82, 2.24) is 5.32 Å². The highest BCUT2D eigenvalue weighted by Crippen LogP contribution is 2.27. The average Bonchev–Trinajstić information content (AvgIpc) is 3.28. The summed E-state index contributed by atoms with van der Waals surface area (Å²) in [6.07, 6.45) is 5.02. The normalized spacial score (nSPS) is 14.0. The van der Waals surface area contributed by atoms with E-state index < -0.39 is 5.97 Å². The minimum absolute atomic E-state index is 0.194. The molecule has 1 aromatic heterocycles. The summed E-state index contributed by atoms with van der Waals surface area (Å²) in [5.41, 5.74) is 2.79. The molecule has 1 atom stereocenters. The van der Waals surface area contributed by atoms with Crippen molar-refractivity contribution < 1.29 is 18.7 Å². The molecule has 0 spiro atoms. The maximum absolute atomic E-state index is 11.8. The van der Waals surface area contributed by atoms with Crippen molar-refractivity contribution in [3.05, 3.63) is 53.5 Å². The van der Waals surface area contributed by atoms with Crippen LogP contribution in [0.3, 0.4) is 0 Å². The van der Waals surface area contributed by atoms with Crippen LogP contribution in [0.5, 0.6) is 0 Å². The number of fused-ring (bicyclic) bond motifs is 1. The van der Waals surface area contributed by atoms with Crippen LogP contribution in [0.1, 0.15) is 36.3 Å². The summed E-state index contributed by atoms with van der Waals surface area (Å²) in [5.74, 6) is 0.109. The number of aryl methyl sites for hydroxylation is 2. The Morgan fingerprint density at radius 3 is 2.92 bits per heavy atom. The Balaban J connectivity index is 1.38. The summed E-state index contributed by atoms with van der Waals surface area (Å²) < 4.78 is 10.2. The lowest BCUT2D eigenvalue weighted by atomic mass is 10.1. The maximum Gasteiger partial charge on any atom is 0.316 e. The van der Waals surface area contributed by atoms with E-state index >= 15 is 0 Å². The number of amides is 1. The van der Waals surface area contributed by atoms with Crippen molar-refractivity contribution in [2.24, 2.45) is 0 Å². The molecule has 132 valence electrons. The Morgan fingerprint density at radius 1 is 1.28 bits per heavy atom. The van der Waals surface area contributed by atoms with E-state index in [-0.39, 0.29) is 24.3 Å². The first-order valence-corrected chi connectivity index (χ1v) is 9.33. The zero-order valence-corrected chi connectivity index (χ0v) is 14.9. The maximum atomic E-state index is 11.8. The first-order chi connectivity index (χ1) is 12.1. The van der Waals surface area contributed by atoms with Crippen LogP contribution in [0, 0.1) is 0 Å². The van der Waals surface area contributed by atoms with Crippen LogP contribution in [0.25, 0.3) is 0 Å². The molecule has 2 aromatic rings. The zero-order valence-electron chi connectivity index (χ0n) is 14.1. The van der Waals surface area contributed by atoms with E-state index in [1.807, 2.05) is 13.0 Å². The molecule has 0 saturated carbocycles. The third-order valence-electron chi connectivity index (χ3n) is 4.14. The van der Waals surface area contributed by atoms with Crippen molar-refractivity contribution in [1.29, 1.82) is 0 Å². The largest absolute Gasteiger partial charge is 0.467 e. The van der Waals surface area contributed by atoms with Crippen molar-refractivity contribution in [2.45, 2.75) is 37.1 Å². The topological polar surface area (TPSA) is 68.5 Å². The molecule has 1 aliphatic rings. The SMILES string of the molecule is C[C@H](NC(=O)COC(=O)CSc1ccc2c(c1)CCC2)c1ccco1. The molecule has 1 amide bonds. The van der Waals surface area contributed by atoms with Gasteiger partial charge in [0.15, 0.2) is 6.61 Å². The van der Waals surface area contributed by atoms with Crippen molar-refractivity contribution in [3.63, 3.8) is 0 Å². The van der Waals surface area contributed by atoms with Gasteiger partial charge in [-0.2, -0.15) is 0 Å². The molecular weight excluding hydrogens is 338 g/mol. The number of rotatable bonds is 7. The van der Waals surface area contributed by atoms with Crippen molar-refractivity contribution in [2.75, 3.05) is 12.4 Å². The average molecular weight is 359 g/mol. The van der Waals surface area contributed by atoms with Gasteiger partial charge in [0.1, 0.15) is 5.76 Å². The summed E-state index contributed by atoms with van der Waals surface area (Å²) in [7, 11) is 0. The molecule has 5 nitrogen and oxygen atoms in total. The number of hydrogen-bond donors (Lipinski definition) is 1. The van der Waals surface area contributed by atoms with Crippen LogP contribution in [0.4, 0.5) is 0 Å². The van der Waals surface area contributed by atoms with E-state index in [2.05, 4.69) is 17.4 Å². The van der Waals surface area contributed by atoms with Crippen LogP contribution in [-0.2, 0) is 27.2 Å². The van der Waals surface area contributed by atoms with Gasteiger partial charge in [0.2, 0.25) is 0 Å². The fraction of sp³-hybridized carbons (Fsp3) is 0.368. The standard InChI is InChI=1S/C19H21NO4S/c1-13(17-6-3-9-23-17)20-18(21)11-24-19(22)12-25-16-8-7-14-4-2-5-15(14)10-16/h3,6-10,13H,2,4-5,11-12H2,1H3,(H,20,21)/t13-/m0/s1. The summed E-state index contributed by atoms with van der Waals surface area (Å²) >= 11 is 1.44. The van der Waals surface area contributed by atoms with Gasteiger partial charge in [0.05, 0.1) is 18.1 Å². The van der Waals surface area contributed by atoms with E-state index in [0.717, 1.165) is 17.7 Å². The zero-order chi connectivity index (χ0) is 17.6. The monoisotopic (exact) mass is 359 g/mol. The van der Waals surface area contributed by atoms with Gasteiger partial charge in [-0.1, -0.05) is 6.07 Å². The number of hydrogen-bond acceptors (Lipinski definition) is 5. The molecule has 0 aliphatic heterocycles. The third-order valence-corrected chi connectivity index (χ3v) is 5.11. The van der Waals surface area contributed by atoms with Crippen LogP contribution in [0.15, 0.2) is 45.9 Å². The molecular formula is C19H21NO4S. The number of esters is 1. The van der Waals surface area contributed by atoms with Crippen molar-refractivity contribution >= 4 is 23.6 Å². The van der Waals surface area contributed by atoms with E-state index in [1.165, 1.54) is 29.3 Å². The second-order valence-electron chi connectivity index (χ2n) is 6.04. The van der Waals surface area contributed by atoms with Gasteiger partial charge in [0.25, 0.3) is 5.91 Å². The Hall–Kier alpha value is -2.21. The summed E-state index contributed by atoms with van der Waals surface area (Å²) in [4.78, 5) is 24.7. The molecule has 1 heterocycles. The minimum atomic E-state index is -0.397. The molecule has 0 radical (unpaired) electrons. The fourth-order valence-electron chi connectivity index (χ4n) is 2.86. The summed E-state index contributed by atoms with van der Waals surface area (Å²) in [6, 6.07) is 9.61. The van der Waals surface area contributed by atoms with Crippen molar-refractivity contribution in [3.8, 4) is 0 Å². The number of carbonyl (C=O) groups is 2. The first-order valence-electron chi connectivity index (χ1n) is 8.35. The first kappa shape index (κ1) is 17.6. The fourth-order valence-corrected chi connectivity index (χ4v) is 3.62. The van der Waals surface area contributed by atoms with E-state index in [1.54, 1.807) is 18.4 Å². The molecule has 0 unspecified atom stereocenters. The molecule has 6 heteroatoms. The highest BCUT2D eigenvalue weighted by molar-refractivity contribution is 8.00. The van der Waals surface area contributed by atoms with Crippen LogP contribution >= 0.6 is 11.8 Å².